The highest BCUT2D eigenvalue weighted by molar-refractivity contribution is 6.35. The van der Waals surface area contributed by atoms with Gasteiger partial charge in [0.05, 0.1) is 18.7 Å². The summed E-state index contributed by atoms with van der Waals surface area (Å²) in [5.41, 5.74) is 2.53. The highest BCUT2D eigenvalue weighted by Crippen LogP contribution is 2.37. The fraction of sp³-hybridized carbons (Fsp3) is 0.333. The Hall–Kier alpha value is -3.48. The molecule has 0 unspecified atom stereocenters. The van der Waals surface area contributed by atoms with E-state index in [1.165, 1.54) is 4.90 Å². The van der Waals surface area contributed by atoms with Crippen molar-refractivity contribution in [3.63, 3.8) is 0 Å². The Morgan fingerprint density at radius 1 is 0.935 bits per heavy atom. The molecule has 0 saturated carbocycles. The maximum absolute atomic E-state index is 13.5. The van der Waals surface area contributed by atoms with Gasteiger partial charge in [0, 0.05) is 13.1 Å². The lowest BCUT2D eigenvalue weighted by Gasteiger charge is -2.20. The van der Waals surface area contributed by atoms with Crippen LogP contribution >= 0.6 is 0 Å². The van der Waals surface area contributed by atoms with Crippen molar-refractivity contribution in [2.45, 2.75) is 26.3 Å². The summed E-state index contributed by atoms with van der Waals surface area (Å²) in [6.45, 7) is 4.44. The van der Waals surface area contributed by atoms with Crippen molar-refractivity contribution in [1.29, 1.82) is 0 Å². The summed E-state index contributed by atoms with van der Waals surface area (Å²) in [5.74, 6) is 1.54. The Balaban J connectivity index is 1.48. The SMILES string of the molecule is CCOc1ccc(C2=C(N3CCCC3)C(=O)N(Cc3ccc4c(c3)OCO4)C2=O)cc1. The third-order valence-electron chi connectivity index (χ3n) is 5.80. The van der Waals surface area contributed by atoms with Crippen LogP contribution in [0.5, 0.6) is 17.2 Å². The second-order valence-corrected chi connectivity index (χ2v) is 7.76. The Labute approximate surface area is 180 Å². The van der Waals surface area contributed by atoms with Crippen molar-refractivity contribution >= 4 is 17.4 Å². The zero-order chi connectivity index (χ0) is 21.4. The zero-order valence-corrected chi connectivity index (χ0v) is 17.4. The number of likely N-dealkylation sites (tertiary alicyclic amines) is 1. The van der Waals surface area contributed by atoms with Crippen molar-refractivity contribution < 1.29 is 23.8 Å². The van der Waals surface area contributed by atoms with E-state index >= 15 is 0 Å². The van der Waals surface area contributed by atoms with Crippen LogP contribution in [0.1, 0.15) is 30.9 Å². The van der Waals surface area contributed by atoms with E-state index in [1.54, 1.807) is 0 Å². The number of ether oxygens (including phenoxy) is 3. The van der Waals surface area contributed by atoms with Gasteiger partial charge in [0.15, 0.2) is 11.5 Å². The van der Waals surface area contributed by atoms with Crippen molar-refractivity contribution in [1.82, 2.24) is 9.80 Å². The molecule has 7 heteroatoms. The summed E-state index contributed by atoms with van der Waals surface area (Å²) in [5, 5.41) is 0. The Morgan fingerprint density at radius 3 is 2.42 bits per heavy atom. The average Bonchev–Trinajstić information content (AvgIpc) is 3.51. The summed E-state index contributed by atoms with van der Waals surface area (Å²) < 4.78 is 16.3. The molecule has 1 fully saturated rings. The molecular weight excluding hydrogens is 396 g/mol. The standard InChI is InChI=1S/C24H24N2O5/c1-2-29-18-8-6-17(7-9-18)21-22(25-11-3-4-12-25)24(28)26(23(21)27)14-16-5-10-19-20(13-16)31-15-30-19/h5-10,13H,2-4,11-12,14-15H2,1H3. The molecular formula is C24H24N2O5. The number of rotatable bonds is 6. The van der Waals surface area contributed by atoms with Crippen molar-refractivity contribution in [3.05, 3.63) is 59.3 Å². The van der Waals surface area contributed by atoms with Gasteiger partial charge in [-0.3, -0.25) is 14.5 Å². The first-order chi connectivity index (χ1) is 15.2. The molecule has 2 amide bonds. The van der Waals surface area contributed by atoms with Crippen LogP contribution in [0.4, 0.5) is 0 Å². The second-order valence-electron chi connectivity index (χ2n) is 7.76. The molecule has 3 heterocycles. The molecule has 0 aromatic heterocycles. The van der Waals surface area contributed by atoms with Gasteiger partial charge >= 0.3 is 0 Å². The molecule has 3 aliphatic heterocycles. The third kappa shape index (κ3) is 3.50. The molecule has 1 saturated heterocycles. The normalized spacial score (nSPS) is 17.8. The first-order valence-electron chi connectivity index (χ1n) is 10.6. The maximum atomic E-state index is 13.5. The quantitative estimate of drug-likeness (QED) is 0.669. The number of hydrogen-bond donors (Lipinski definition) is 0. The minimum Gasteiger partial charge on any atom is -0.494 e. The van der Waals surface area contributed by atoms with E-state index in [0.29, 0.717) is 29.4 Å². The number of hydrogen-bond acceptors (Lipinski definition) is 6. The van der Waals surface area contributed by atoms with Crippen LogP contribution in [0.25, 0.3) is 5.57 Å². The van der Waals surface area contributed by atoms with Gasteiger partial charge in [0.1, 0.15) is 11.4 Å². The smallest absolute Gasteiger partial charge is 0.278 e. The summed E-state index contributed by atoms with van der Waals surface area (Å²) >= 11 is 0. The number of amides is 2. The fourth-order valence-electron chi connectivity index (χ4n) is 4.31. The number of carbonyl (C=O) groups is 2. The molecule has 0 atom stereocenters. The summed E-state index contributed by atoms with van der Waals surface area (Å²) in [7, 11) is 0. The number of carbonyl (C=O) groups excluding carboxylic acids is 2. The third-order valence-corrected chi connectivity index (χ3v) is 5.80. The van der Waals surface area contributed by atoms with Gasteiger partial charge in [-0.15, -0.1) is 0 Å². The van der Waals surface area contributed by atoms with E-state index in [2.05, 4.69) is 0 Å². The minimum atomic E-state index is -0.270. The topological polar surface area (TPSA) is 68.3 Å². The van der Waals surface area contributed by atoms with Crippen molar-refractivity contribution in [2.75, 3.05) is 26.5 Å². The van der Waals surface area contributed by atoms with E-state index in [1.807, 2.05) is 54.3 Å². The zero-order valence-electron chi connectivity index (χ0n) is 17.4. The molecule has 2 aromatic rings. The second kappa shape index (κ2) is 7.98. The summed E-state index contributed by atoms with van der Waals surface area (Å²) in [6.07, 6.45) is 2.04. The van der Waals surface area contributed by atoms with Crippen molar-refractivity contribution in [3.8, 4) is 17.2 Å². The number of benzene rings is 2. The first-order valence-corrected chi connectivity index (χ1v) is 10.6. The monoisotopic (exact) mass is 420 g/mol. The lowest BCUT2D eigenvalue weighted by Crippen LogP contribution is -2.34. The van der Waals surface area contributed by atoms with Crippen molar-refractivity contribution in [2.24, 2.45) is 0 Å². The molecule has 0 spiro atoms. The van der Waals surface area contributed by atoms with Crippen LogP contribution in [-0.4, -0.2) is 48.1 Å². The molecule has 0 bridgehead atoms. The van der Waals surface area contributed by atoms with Gasteiger partial charge in [-0.05, 0) is 55.2 Å². The molecule has 2 aromatic carbocycles. The molecule has 31 heavy (non-hydrogen) atoms. The fourth-order valence-corrected chi connectivity index (χ4v) is 4.31. The van der Waals surface area contributed by atoms with Crippen LogP contribution in [0.15, 0.2) is 48.2 Å². The minimum absolute atomic E-state index is 0.183. The van der Waals surface area contributed by atoms with Crippen LogP contribution in [0.3, 0.4) is 0 Å². The maximum Gasteiger partial charge on any atom is 0.278 e. The lowest BCUT2D eigenvalue weighted by atomic mass is 10.0. The molecule has 160 valence electrons. The summed E-state index contributed by atoms with van der Waals surface area (Å²) in [4.78, 5) is 30.3. The highest BCUT2D eigenvalue weighted by atomic mass is 16.7. The Bertz CT molecular complexity index is 1050. The van der Waals surface area contributed by atoms with Gasteiger partial charge < -0.3 is 19.1 Å². The Morgan fingerprint density at radius 2 is 1.68 bits per heavy atom. The molecule has 5 rings (SSSR count). The molecule has 3 aliphatic rings. The number of fused-ring (bicyclic) bond motifs is 1. The van der Waals surface area contributed by atoms with E-state index < -0.39 is 0 Å². The number of nitrogens with zero attached hydrogens (tertiary/aromatic N) is 2. The van der Waals surface area contributed by atoms with E-state index in [-0.39, 0.29) is 25.2 Å². The highest BCUT2D eigenvalue weighted by Gasteiger charge is 2.42. The molecule has 7 nitrogen and oxygen atoms in total. The van der Waals surface area contributed by atoms with Gasteiger partial charge in [-0.2, -0.15) is 0 Å². The lowest BCUT2D eigenvalue weighted by molar-refractivity contribution is -0.138. The molecule has 0 radical (unpaired) electrons. The molecule has 0 N–H and O–H groups in total. The van der Waals surface area contributed by atoms with Gasteiger partial charge in [0.2, 0.25) is 6.79 Å². The van der Waals surface area contributed by atoms with Crippen LogP contribution in [0.2, 0.25) is 0 Å². The van der Waals surface area contributed by atoms with Crippen LogP contribution < -0.4 is 14.2 Å². The number of imide groups is 1. The van der Waals surface area contributed by atoms with Crippen LogP contribution in [-0.2, 0) is 16.1 Å². The van der Waals surface area contributed by atoms with E-state index in [9.17, 15) is 9.59 Å². The summed E-state index contributed by atoms with van der Waals surface area (Å²) in [6, 6.07) is 12.9. The van der Waals surface area contributed by atoms with Gasteiger partial charge in [0.25, 0.3) is 11.8 Å². The van der Waals surface area contributed by atoms with Gasteiger partial charge in [-0.25, -0.2) is 0 Å². The van der Waals surface area contributed by atoms with E-state index in [0.717, 1.165) is 42.8 Å². The van der Waals surface area contributed by atoms with Crippen LogP contribution in [0, 0.1) is 0 Å². The van der Waals surface area contributed by atoms with Gasteiger partial charge in [-0.1, -0.05) is 18.2 Å². The molecule has 0 aliphatic carbocycles. The Kier molecular flexibility index (Phi) is 5.02. The van der Waals surface area contributed by atoms with E-state index in [4.69, 9.17) is 14.2 Å². The largest absolute Gasteiger partial charge is 0.494 e. The predicted molar refractivity (Wildman–Crippen MR) is 113 cm³/mol. The predicted octanol–water partition coefficient (Wildman–Crippen LogP) is 3.19. The first kappa shape index (κ1) is 19.5. The average molecular weight is 420 g/mol.